The molecule has 686 valence electrons. The number of morpholine rings is 1. The van der Waals surface area contributed by atoms with E-state index in [1.807, 2.05) is 53.1 Å². The van der Waals surface area contributed by atoms with Crippen LogP contribution in [0.3, 0.4) is 0 Å². The Morgan fingerprint density at radius 2 is 0.835 bits per heavy atom. The fraction of sp³-hybridized carbons (Fsp3) is 0.478. The van der Waals surface area contributed by atoms with Gasteiger partial charge in [0.1, 0.15) is 0 Å². The molecule has 0 aromatic heterocycles. The molecule has 5 saturated heterocycles. The third kappa shape index (κ3) is 34.7. The number of anilines is 2. The number of carbonyl (C=O) groups excluding carboxylic acids is 4. The molecule has 4 unspecified atom stereocenters. The highest BCUT2D eigenvalue weighted by Gasteiger charge is 2.37. The number of esters is 1. The van der Waals surface area contributed by atoms with Crippen molar-refractivity contribution in [2.75, 3.05) is 102 Å². The summed E-state index contributed by atoms with van der Waals surface area (Å²) in [5, 5.41) is 0. The maximum atomic E-state index is 12.1. The van der Waals surface area contributed by atoms with Gasteiger partial charge in [-0.3, -0.25) is 19.3 Å². The minimum atomic E-state index is -2.17. The number of hydrogen-bond acceptors (Lipinski definition) is 9. The van der Waals surface area contributed by atoms with E-state index < -0.39 is 9.71 Å². The van der Waals surface area contributed by atoms with Crippen molar-refractivity contribution >= 4 is 50.6 Å². The number of rotatable bonds is 20. The van der Waals surface area contributed by atoms with Gasteiger partial charge in [0.2, 0.25) is 17.7 Å². The standard InChI is InChI=1S/C17H23NO.C16H23NO.C15H21NO.C15H16.C14H21NO.C14H21N.C11H17NOS.C11H14O2/c1-12(2)14-4-3-5-15(10-14)16-8-9-18(11-16)17(19)13-6-7-13;1-4-16(18)17-9-8-15(11-17)14-7-5-6-13(10-14)12(2)3;1-11(2)13-5-4-6-14(9-13)15-7-8-16(10-15)12(3)17;1-12(2)14-9-6-10-15(11-14)13-7-4-3-5-8-13;1-12(2)14-5-3-4-13(10-14)11-15-6-8-16-9-7-15;1-12(2)13-6-8-14(9-7-13)15-10-4-3-5-11-15;1-9(2)10-6-5-7-11(8-10)12-14(3,4)13;1-8(2)9-5-4-6-10(7-9)11(12)13-3/h3-5,10,12-13,16H,6-9,11H2,1-2H3;5-7,10,12,15H,4,8-9,11H2,1-3H3;4-6,9,11,15H,7-8,10H2,1-3H3;3-12H,1-2H3;3-5,10,12H,6-9,11H2,1-2H3;6-9,12H,3-5,10-11H2,1-2H3;5-9H,3H2,1-2,4H3,(H,12,13);4-8H,1-3H3. The number of amides is 3. The van der Waals surface area contributed by atoms with Crippen molar-refractivity contribution in [2.24, 2.45) is 5.92 Å². The molecule has 3 amide bonds. The third-order valence-electron chi connectivity index (χ3n) is 25.0. The van der Waals surface area contributed by atoms with Gasteiger partial charge in [-0.2, -0.15) is 0 Å². The zero-order chi connectivity index (χ0) is 92.3. The van der Waals surface area contributed by atoms with Crippen LogP contribution in [0.25, 0.3) is 11.1 Å². The van der Waals surface area contributed by atoms with E-state index >= 15 is 0 Å². The lowest BCUT2D eigenvalue weighted by Gasteiger charge is -2.29. The van der Waals surface area contributed by atoms with Crippen molar-refractivity contribution in [1.29, 1.82) is 0 Å². The average molecular weight is 1740 g/mol. The second-order valence-corrected chi connectivity index (χ2v) is 40.2. The van der Waals surface area contributed by atoms with Gasteiger partial charge >= 0.3 is 5.97 Å². The Balaban J connectivity index is 0.000000180. The maximum absolute atomic E-state index is 12.1. The molecule has 9 aromatic carbocycles. The molecule has 15 rings (SSSR count). The molecular weight excluding hydrogens is 1590 g/mol. The zero-order valence-electron chi connectivity index (χ0n) is 81.1. The molecule has 4 atom stereocenters. The van der Waals surface area contributed by atoms with Crippen LogP contribution < -0.4 is 9.62 Å². The van der Waals surface area contributed by atoms with Crippen molar-refractivity contribution in [3.8, 4) is 11.1 Å². The molecule has 1 aliphatic carbocycles. The monoisotopic (exact) mass is 1740 g/mol. The van der Waals surface area contributed by atoms with Crippen molar-refractivity contribution in [1.82, 2.24) is 19.6 Å². The highest BCUT2D eigenvalue weighted by Crippen LogP contribution is 2.37. The number of likely N-dealkylation sites (tertiary alicyclic amines) is 3. The topological polar surface area (TPSA) is 132 Å². The van der Waals surface area contributed by atoms with Crippen LogP contribution >= 0.6 is 0 Å². The third-order valence-corrected chi connectivity index (χ3v) is 25.6. The van der Waals surface area contributed by atoms with Crippen molar-refractivity contribution < 1.29 is 32.9 Å². The molecule has 1 N–H and O–H groups in total. The summed E-state index contributed by atoms with van der Waals surface area (Å²) in [6.45, 7) is 51.7. The van der Waals surface area contributed by atoms with E-state index in [-0.39, 0.29) is 17.8 Å². The van der Waals surface area contributed by atoms with E-state index in [0.717, 1.165) is 115 Å². The van der Waals surface area contributed by atoms with Crippen LogP contribution in [-0.2, 0) is 40.1 Å². The SMILES string of the molecule is C=S(C)(=O)Nc1cccc(C(C)C)c1.CC(=O)N1CCC(c2cccc(C(C)C)c2)C1.CC(C)c1ccc(N2CCCCC2)cc1.CC(C)c1cccc(-c2ccccc2)c1.CC(C)c1cccc(C2CCN(C(=O)C3CC3)C2)c1.CC(C)c1cccc(CN2CCOCC2)c1.CCC(=O)N1CCC(c2cccc(C(C)C)c2)C1.COC(=O)c1cccc(C(C)C)c1. The molecule has 6 fully saturated rings. The summed E-state index contributed by atoms with van der Waals surface area (Å²) in [7, 11) is -0.776. The lowest BCUT2D eigenvalue weighted by atomic mass is 9.93. The summed E-state index contributed by atoms with van der Waals surface area (Å²) < 4.78 is 24.3. The molecule has 6 aliphatic rings. The fourth-order valence-electron chi connectivity index (χ4n) is 16.5. The summed E-state index contributed by atoms with van der Waals surface area (Å²) in [5.74, 6) is 10.6. The van der Waals surface area contributed by atoms with Gasteiger partial charge in [-0.15, -0.1) is 0 Å². The molecule has 14 heteroatoms. The number of nitrogens with one attached hydrogen (secondary N) is 1. The molecular formula is C113H156N6O7S. The van der Waals surface area contributed by atoms with Gasteiger partial charge in [0.25, 0.3) is 0 Å². The van der Waals surface area contributed by atoms with E-state index in [9.17, 15) is 23.4 Å². The normalized spacial score (nSPS) is 17.1. The largest absolute Gasteiger partial charge is 0.465 e. The van der Waals surface area contributed by atoms with Crippen LogP contribution in [0.15, 0.2) is 224 Å². The van der Waals surface area contributed by atoms with Crippen LogP contribution in [0.1, 0.15) is 325 Å². The van der Waals surface area contributed by atoms with Crippen LogP contribution in [0.4, 0.5) is 11.4 Å². The molecule has 9 aromatic rings. The van der Waals surface area contributed by atoms with E-state index in [2.05, 4.69) is 323 Å². The lowest BCUT2D eigenvalue weighted by molar-refractivity contribution is -0.131. The Labute approximate surface area is 767 Å². The Bertz CT molecular complexity index is 4920. The van der Waals surface area contributed by atoms with E-state index in [1.54, 1.807) is 19.2 Å². The first-order chi connectivity index (χ1) is 60.7. The number of benzene rings is 9. The molecule has 0 bridgehead atoms. The molecule has 0 radical (unpaired) electrons. The molecule has 13 nitrogen and oxygen atoms in total. The van der Waals surface area contributed by atoms with E-state index in [4.69, 9.17) is 4.74 Å². The average Bonchev–Trinajstić information content (AvgIpc) is 1.68. The molecule has 5 heterocycles. The summed E-state index contributed by atoms with van der Waals surface area (Å²) in [6, 6.07) is 79.4. The molecule has 5 aliphatic heterocycles. The van der Waals surface area contributed by atoms with Crippen molar-refractivity contribution in [2.45, 2.75) is 254 Å². The van der Waals surface area contributed by atoms with Gasteiger partial charge in [-0.25, -0.2) is 9.00 Å². The van der Waals surface area contributed by atoms with Crippen LogP contribution in [0, 0.1) is 5.92 Å². The lowest BCUT2D eigenvalue weighted by Crippen LogP contribution is -2.35. The Morgan fingerprint density at radius 3 is 1.29 bits per heavy atom. The van der Waals surface area contributed by atoms with Gasteiger partial charge < -0.3 is 33.8 Å². The first kappa shape index (κ1) is 103. The molecule has 0 spiro atoms. The first-order valence-corrected chi connectivity index (χ1v) is 49.7. The smallest absolute Gasteiger partial charge is 0.337 e. The van der Waals surface area contributed by atoms with E-state index in [0.29, 0.717) is 88.9 Å². The number of nitrogens with zero attached hydrogens (tertiary/aromatic N) is 5. The predicted molar refractivity (Wildman–Crippen MR) is 538 cm³/mol. The number of hydrogen-bond donors (Lipinski definition) is 1. The number of methoxy groups -OCH3 is 1. The van der Waals surface area contributed by atoms with Crippen molar-refractivity contribution in [3.63, 3.8) is 0 Å². The Morgan fingerprint density at radius 1 is 0.425 bits per heavy atom. The fourth-order valence-corrected chi connectivity index (χ4v) is 17.1. The van der Waals surface area contributed by atoms with Gasteiger partial charge in [0.15, 0.2) is 0 Å². The number of piperidine rings is 1. The van der Waals surface area contributed by atoms with Crippen LogP contribution in [0.5, 0.6) is 0 Å². The second kappa shape index (κ2) is 52.2. The van der Waals surface area contributed by atoms with Gasteiger partial charge in [0.05, 0.1) is 25.9 Å². The highest BCUT2D eigenvalue weighted by atomic mass is 32.2. The minimum absolute atomic E-state index is 0.201. The Hall–Kier alpha value is -9.60. The molecule has 1 saturated carbocycles. The second-order valence-electron chi connectivity index (χ2n) is 38.0. The van der Waals surface area contributed by atoms with Gasteiger partial charge in [-0.1, -0.05) is 306 Å². The highest BCUT2D eigenvalue weighted by molar-refractivity contribution is 8.00. The number of ether oxygens (including phenoxy) is 2. The van der Waals surface area contributed by atoms with Crippen LogP contribution in [-0.4, -0.2) is 145 Å². The molecule has 127 heavy (non-hydrogen) atoms. The maximum Gasteiger partial charge on any atom is 0.337 e. The summed E-state index contributed by atoms with van der Waals surface area (Å²) in [6.07, 6.45) is 11.9. The number of carbonyl (C=O) groups is 4. The zero-order valence-corrected chi connectivity index (χ0v) is 81.9. The summed E-state index contributed by atoms with van der Waals surface area (Å²) >= 11 is 0. The predicted octanol–water partition coefficient (Wildman–Crippen LogP) is 26.2. The van der Waals surface area contributed by atoms with Gasteiger partial charge in [-0.05, 0) is 219 Å². The first-order valence-electron chi connectivity index (χ1n) is 47.6. The summed E-state index contributed by atoms with van der Waals surface area (Å²) in [5.41, 5.74) is 22.0. The van der Waals surface area contributed by atoms with Gasteiger partial charge in [0, 0.05) is 136 Å². The van der Waals surface area contributed by atoms with E-state index in [1.165, 1.54) is 117 Å². The minimum Gasteiger partial charge on any atom is -0.465 e. The van der Waals surface area contributed by atoms with Crippen LogP contribution in [0.2, 0.25) is 0 Å². The van der Waals surface area contributed by atoms with Crippen molar-refractivity contribution in [3.05, 3.63) is 297 Å². The Kier molecular flexibility index (Phi) is 42.2. The quantitative estimate of drug-likeness (QED) is 0.0585. The summed E-state index contributed by atoms with van der Waals surface area (Å²) in [4.78, 5) is 57.3.